The van der Waals surface area contributed by atoms with E-state index in [0.717, 1.165) is 18.6 Å². The van der Waals surface area contributed by atoms with Crippen LogP contribution in [0.15, 0.2) is 33.7 Å². The van der Waals surface area contributed by atoms with Crippen LogP contribution in [-0.2, 0) is 6.42 Å². The number of Topliss-reactive ketones (excluding diaryl/α,β-unsaturated/α-hetero) is 1. The number of nitrogens with one attached hydrogen (secondary N) is 1. The molecule has 0 saturated carbocycles. The number of aromatic amines is 1. The fourth-order valence-corrected chi connectivity index (χ4v) is 3.60. The number of likely N-dealkylation sites (tertiary alicyclic amines) is 1. The summed E-state index contributed by atoms with van der Waals surface area (Å²) in [6, 6.07) is 5.11. The number of hydrogen-bond donors (Lipinski definition) is 1. The average Bonchev–Trinajstić information content (AvgIpc) is 3.27. The van der Waals surface area contributed by atoms with Crippen molar-refractivity contribution in [1.29, 1.82) is 0 Å². The number of furan rings is 1. The first-order valence-electron chi connectivity index (χ1n) is 8.25. The van der Waals surface area contributed by atoms with Crippen LogP contribution in [-0.4, -0.2) is 34.7 Å². The van der Waals surface area contributed by atoms with E-state index in [1.807, 2.05) is 6.07 Å². The van der Waals surface area contributed by atoms with E-state index in [4.69, 9.17) is 4.42 Å². The Morgan fingerprint density at radius 3 is 2.71 bits per heavy atom. The minimum atomic E-state index is -0.418. The van der Waals surface area contributed by atoms with E-state index in [-0.39, 0.29) is 23.2 Å². The van der Waals surface area contributed by atoms with Crippen LogP contribution in [0.25, 0.3) is 0 Å². The van der Waals surface area contributed by atoms with E-state index in [0.29, 0.717) is 37.2 Å². The van der Waals surface area contributed by atoms with Crippen LogP contribution < -0.4 is 5.56 Å². The first-order valence-corrected chi connectivity index (χ1v) is 8.25. The van der Waals surface area contributed by atoms with Crippen molar-refractivity contribution in [2.75, 3.05) is 13.1 Å². The van der Waals surface area contributed by atoms with Crippen molar-refractivity contribution >= 4 is 11.7 Å². The van der Waals surface area contributed by atoms with Gasteiger partial charge in [-0.1, -0.05) is 0 Å². The zero-order valence-electron chi connectivity index (χ0n) is 13.2. The molecule has 1 aliphatic heterocycles. The largest absolute Gasteiger partial charge is 0.469 e. The number of fused-ring (bicyclic) bond motifs is 1. The molecule has 0 unspecified atom stereocenters. The molecule has 1 fully saturated rings. The van der Waals surface area contributed by atoms with E-state index < -0.39 is 5.56 Å². The third-order valence-electron chi connectivity index (χ3n) is 4.87. The van der Waals surface area contributed by atoms with Crippen molar-refractivity contribution in [3.05, 3.63) is 57.4 Å². The fourth-order valence-electron chi connectivity index (χ4n) is 3.60. The highest BCUT2D eigenvalue weighted by atomic mass is 16.3. The molecule has 1 saturated heterocycles. The lowest BCUT2D eigenvalue weighted by Crippen LogP contribution is -2.34. The van der Waals surface area contributed by atoms with Gasteiger partial charge in [-0.2, -0.15) is 0 Å². The van der Waals surface area contributed by atoms with Gasteiger partial charge in [0.25, 0.3) is 11.5 Å². The molecule has 0 bridgehead atoms. The van der Waals surface area contributed by atoms with Gasteiger partial charge in [-0.05, 0) is 37.5 Å². The second-order valence-electron chi connectivity index (χ2n) is 6.45. The van der Waals surface area contributed by atoms with Crippen LogP contribution in [0.1, 0.15) is 57.4 Å². The molecular weight excluding hydrogens is 308 g/mol. The van der Waals surface area contributed by atoms with Crippen molar-refractivity contribution in [3.63, 3.8) is 0 Å². The maximum Gasteiger partial charge on any atom is 0.261 e. The summed E-state index contributed by atoms with van der Waals surface area (Å²) in [4.78, 5) is 41.8. The van der Waals surface area contributed by atoms with Gasteiger partial charge in [0, 0.05) is 36.7 Å². The third kappa shape index (κ3) is 2.48. The van der Waals surface area contributed by atoms with Crippen molar-refractivity contribution in [2.24, 2.45) is 0 Å². The number of ketones is 1. The second-order valence-corrected chi connectivity index (χ2v) is 6.45. The Morgan fingerprint density at radius 2 is 2.00 bits per heavy atom. The van der Waals surface area contributed by atoms with Gasteiger partial charge in [0.1, 0.15) is 11.3 Å². The summed E-state index contributed by atoms with van der Waals surface area (Å²) in [7, 11) is 0. The van der Waals surface area contributed by atoms with Crippen molar-refractivity contribution in [1.82, 2.24) is 9.88 Å². The number of rotatable bonds is 2. The van der Waals surface area contributed by atoms with Gasteiger partial charge in [0.15, 0.2) is 5.78 Å². The van der Waals surface area contributed by atoms with Crippen LogP contribution in [0.5, 0.6) is 0 Å². The summed E-state index contributed by atoms with van der Waals surface area (Å²) >= 11 is 0. The van der Waals surface area contributed by atoms with Crippen LogP contribution in [0.3, 0.4) is 0 Å². The van der Waals surface area contributed by atoms with Crippen molar-refractivity contribution in [2.45, 2.75) is 31.6 Å². The van der Waals surface area contributed by atoms with Gasteiger partial charge < -0.3 is 14.3 Å². The van der Waals surface area contributed by atoms with Gasteiger partial charge in [0.05, 0.1) is 6.26 Å². The van der Waals surface area contributed by atoms with Crippen LogP contribution in [0, 0.1) is 0 Å². The molecule has 6 nitrogen and oxygen atoms in total. The number of carbonyl (C=O) groups is 2. The van der Waals surface area contributed by atoms with Crippen LogP contribution >= 0.6 is 0 Å². The normalized spacial score (nSPS) is 20.2. The Balaban J connectivity index is 1.68. The van der Waals surface area contributed by atoms with Crippen LogP contribution in [0.4, 0.5) is 0 Å². The zero-order valence-corrected chi connectivity index (χ0v) is 13.2. The summed E-state index contributed by atoms with van der Waals surface area (Å²) in [6.45, 7) is 1.34. The molecule has 24 heavy (non-hydrogen) atoms. The summed E-state index contributed by atoms with van der Waals surface area (Å²) in [5, 5.41) is 0. The minimum absolute atomic E-state index is 0.0654. The van der Waals surface area contributed by atoms with Gasteiger partial charge in [0.2, 0.25) is 0 Å². The number of aromatic nitrogens is 1. The molecule has 4 rings (SSSR count). The smallest absolute Gasteiger partial charge is 0.261 e. The number of amides is 1. The first-order chi connectivity index (χ1) is 11.6. The molecule has 6 heteroatoms. The molecule has 1 N–H and O–H groups in total. The van der Waals surface area contributed by atoms with Crippen molar-refractivity contribution < 1.29 is 14.0 Å². The summed E-state index contributed by atoms with van der Waals surface area (Å²) < 4.78 is 5.39. The predicted octanol–water partition coefficient (Wildman–Crippen LogP) is 2.12. The van der Waals surface area contributed by atoms with E-state index in [9.17, 15) is 14.4 Å². The molecule has 0 spiro atoms. The molecule has 1 atom stereocenters. The van der Waals surface area contributed by atoms with E-state index >= 15 is 0 Å². The van der Waals surface area contributed by atoms with Gasteiger partial charge in [-0.25, -0.2) is 0 Å². The van der Waals surface area contributed by atoms with Crippen molar-refractivity contribution in [3.8, 4) is 0 Å². The lowest BCUT2D eigenvalue weighted by molar-refractivity contribution is 0.0791. The summed E-state index contributed by atoms with van der Waals surface area (Å²) in [6.07, 6.45) is 4.35. The molecule has 0 radical (unpaired) electrons. The lowest BCUT2D eigenvalue weighted by Gasteiger charge is -2.23. The topological polar surface area (TPSA) is 83.4 Å². The third-order valence-corrected chi connectivity index (χ3v) is 4.87. The number of hydrogen-bond acceptors (Lipinski definition) is 4. The molecule has 124 valence electrons. The van der Waals surface area contributed by atoms with Gasteiger partial charge in [-0.15, -0.1) is 0 Å². The average molecular weight is 326 g/mol. The van der Waals surface area contributed by atoms with Gasteiger partial charge >= 0.3 is 0 Å². The molecule has 2 aromatic heterocycles. The molecule has 1 amide bonds. The summed E-state index contributed by atoms with van der Waals surface area (Å²) in [5.41, 5.74) is 0.703. The quantitative estimate of drug-likeness (QED) is 0.916. The monoisotopic (exact) mass is 326 g/mol. The molecule has 0 aromatic carbocycles. The Bertz CT molecular complexity index is 844. The van der Waals surface area contributed by atoms with Crippen LogP contribution in [0.2, 0.25) is 0 Å². The van der Waals surface area contributed by atoms with E-state index in [1.165, 1.54) is 6.07 Å². The summed E-state index contributed by atoms with van der Waals surface area (Å²) in [5.74, 6) is 0.324. The highest BCUT2D eigenvalue weighted by molar-refractivity contribution is 6.02. The minimum Gasteiger partial charge on any atom is -0.469 e. The zero-order chi connectivity index (χ0) is 16.7. The second kappa shape index (κ2) is 5.78. The van der Waals surface area contributed by atoms with E-state index in [1.54, 1.807) is 17.2 Å². The molecule has 2 aromatic rings. The molecule has 2 aliphatic rings. The lowest BCUT2D eigenvalue weighted by atomic mass is 9.84. The fraction of sp³-hybridized carbons (Fsp3) is 0.389. The number of nitrogens with zero attached hydrogens (tertiary/aromatic N) is 1. The highest BCUT2D eigenvalue weighted by Crippen LogP contribution is 2.31. The highest BCUT2D eigenvalue weighted by Gasteiger charge is 2.31. The molecule has 3 heterocycles. The number of carbonyl (C=O) groups excluding carboxylic acids is 2. The first kappa shape index (κ1) is 14.9. The number of pyridine rings is 1. The SMILES string of the molecule is O=C1C[C@@H](c2ccco2)Cc2[nH]c(=O)c(C(=O)N3CCCC3)cc21. The predicted molar refractivity (Wildman–Crippen MR) is 86.3 cm³/mol. The Labute approximate surface area is 138 Å². The Morgan fingerprint density at radius 1 is 1.21 bits per heavy atom. The standard InChI is InChI=1S/C18H18N2O4/c21-15-9-11(16-4-3-7-24-16)8-14-12(15)10-13(17(22)19-14)18(23)20-5-1-2-6-20/h3-4,7,10-11H,1-2,5-6,8-9H2,(H,19,22)/t11-/m0/s1. The molecule has 1 aliphatic carbocycles. The maximum absolute atomic E-state index is 12.5. The van der Waals surface area contributed by atoms with E-state index in [2.05, 4.69) is 4.98 Å². The maximum atomic E-state index is 12.5. The van der Waals surface area contributed by atoms with Gasteiger partial charge in [-0.3, -0.25) is 14.4 Å². The molecular formula is C18H18N2O4. The number of H-pyrrole nitrogens is 1. The Hall–Kier alpha value is -2.63. The Kier molecular flexibility index (Phi) is 3.59.